The molecule has 0 saturated carbocycles. The molecule has 0 aliphatic heterocycles. The lowest BCUT2D eigenvalue weighted by molar-refractivity contribution is -0.152. The van der Waals surface area contributed by atoms with Gasteiger partial charge in [-0.1, -0.05) is 29.3 Å². The normalized spacial score (nSPS) is 12.0. The number of carbonyl (C=O) groups is 3. The number of anilines is 1. The minimum Gasteiger partial charge on any atom is -0.451 e. The molecule has 1 aromatic carbocycles. The molecular formula is C20H22Cl2N4O6S. The van der Waals surface area contributed by atoms with Crippen molar-refractivity contribution in [1.82, 2.24) is 15.0 Å². The van der Waals surface area contributed by atoms with E-state index in [4.69, 9.17) is 27.9 Å². The smallest absolute Gasteiger partial charge is 0.326 e. The Morgan fingerprint density at radius 1 is 1.09 bits per heavy atom. The van der Waals surface area contributed by atoms with E-state index in [1.165, 1.54) is 31.3 Å². The number of halogens is 2. The highest BCUT2D eigenvalue weighted by molar-refractivity contribution is 7.89. The van der Waals surface area contributed by atoms with E-state index in [-0.39, 0.29) is 20.8 Å². The summed E-state index contributed by atoms with van der Waals surface area (Å²) in [4.78, 5) is 39.8. The fourth-order valence-corrected chi connectivity index (χ4v) is 3.87. The van der Waals surface area contributed by atoms with Crippen molar-refractivity contribution in [3.8, 4) is 0 Å². The van der Waals surface area contributed by atoms with Gasteiger partial charge >= 0.3 is 5.97 Å². The molecule has 0 fully saturated rings. The number of benzene rings is 1. The quantitative estimate of drug-likeness (QED) is 0.432. The van der Waals surface area contributed by atoms with Crippen molar-refractivity contribution in [2.75, 3.05) is 18.4 Å². The molecular weight excluding hydrogens is 495 g/mol. The fraction of sp³-hybridized carbons (Fsp3) is 0.300. The maximum atomic E-state index is 12.3. The molecule has 2 rings (SSSR count). The molecule has 0 aliphatic carbocycles. The SMILES string of the molecule is Cc1ccc(S(=O)(=O)NCC(=O)NCC(=O)O[C@@H](C)C(=O)Nc2ncc(Cl)cc2Cl)cc1C. The summed E-state index contributed by atoms with van der Waals surface area (Å²) in [5, 5.41) is 4.99. The lowest BCUT2D eigenvalue weighted by atomic mass is 10.1. The first-order chi connectivity index (χ1) is 15.4. The Balaban J connectivity index is 1.79. The summed E-state index contributed by atoms with van der Waals surface area (Å²) in [5.41, 5.74) is 1.72. The molecule has 2 amide bonds. The topological polar surface area (TPSA) is 144 Å². The van der Waals surface area contributed by atoms with E-state index in [1.54, 1.807) is 13.0 Å². The third-order valence-electron chi connectivity index (χ3n) is 4.37. The third kappa shape index (κ3) is 7.97. The summed E-state index contributed by atoms with van der Waals surface area (Å²) >= 11 is 11.7. The predicted molar refractivity (Wildman–Crippen MR) is 123 cm³/mol. The Labute approximate surface area is 201 Å². The van der Waals surface area contributed by atoms with Gasteiger partial charge in [0.05, 0.1) is 21.5 Å². The Hall–Kier alpha value is -2.73. The van der Waals surface area contributed by atoms with E-state index >= 15 is 0 Å². The second-order valence-electron chi connectivity index (χ2n) is 6.95. The lowest BCUT2D eigenvalue weighted by Gasteiger charge is -2.14. The number of amides is 2. The average molecular weight is 517 g/mol. The molecule has 0 saturated heterocycles. The standard InChI is InChI=1S/C20H22Cl2N4O6S/c1-11-4-5-15(6-12(11)2)33(30,31)25-9-17(27)23-10-18(28)32-13(3)20(29)26-19-16(22)7-14(21)8-24-19/h4-8,13,25H,9-10H2,1-3H3,(H,23,27)(H,24,26,29)/t13-/m0/s1. The van der Waals surface area contributed by atoms with Gasteiger partial charge in [-0.05, 0) is 50.1 Å². The molecule has 33 heavy (non-hydrogen) atoms. The van der Waals surface area contributed by atoms with Gasteiger partial charge in [0, 0.05) is 6.20 Å². The molecule has 13 heteroatoms. The van der Waals surface area contributed by atoms with Crippen molar-refractivity contribution in [2.24, 2.45) is 0 Å². The second-order valence-corrected chi connectivity index (χ2v) is 9.56. The zero-order valence-electron chi connectivity index (χ0n) is 17.9. The van der Waals surface area contributed by atoms with E-state index in [2.05, 4.69) is 20.3 Å². The van der Waals surface area contributed by atoms with Gasteiger partial charge in [0.25, 0.3) is 5.91 Å². The number of nitrogens with one attached hydrogen (secondary N) is 3. The van der Waals surface area contributed by atoms with Gasteiger partial charge in [0.2, 0.25) is 15.9 Å². The summed E-state index contributed by atoms with van der Waals surface area (Å²) in [6.45, 7) is 3.78. The molecule has 1 atom stereocenters. The lowest BCUT2D eigenvalue weighted by Crippen LogP contribution is -2.40. The van der Waals surface area contributed by atoms with Crippen LogP contribution in [0.25, 0.3) is 0 Å². The monoisotopic (exact) mass is 516 g/mol. The molecule has 0 unspecified atom stereocenters. The van der Waals surface area contributed by atoms with Crippen LogP contribution in [-0.2, 0) is 29.1 Å². The van der Waals surface area contributed by atoms with E-state index in [0.717, 1.165) is 11.1 Å². The minimum atomic E-state index is -3.90. The Kier molecular flexibility index (Phi) is 9.17. The highest BCUT2D eigenvalue weighted by atomic mass is 35.5. The Bertz CT molecular complexity index is 1170. The van der Waals surface area contributed by atoms with Gasteiger partial charge in [-0.25, -0.2) is 18.1 Å². The van der Waals surface area contributed by atoms with Crippen molar-refractivity contribution < 1.29 is 27.5 Å². The highest BCUT2D eigenvalue weighted by Gasteiger charge is 2.21. The van der Waals surface area contributed by atoms with Crippen LogP contribution in [0.1, 0.15) is 18.1 Å². The number of aromatic nitrogens is 1. The molecule has 0 bridgehead atoms. The number of esters is 1. The largest absolute Gasteiger partial charge is 0.451 e. The average Bonchev–Trinajstić information content (AvgIpc) is 2.74. The molecule has 178 valence electrons. The summed E-state index contributed by atoms with van der Waals surface area (Å²) in [7, 11) is -3.90. The van der Waals surface area contributed by atoms with Crippen LogP contribution in [-0.4, -0.2) is 50.4 Å². The molecule has 3 N–H and O–H groups in total. The zero-order valence-corrected chi connectivity index (χ0v) is 20.3. The van der Waals surface area contributed by atoms with E-state index in [1.807, 2.05) is 6.92 Å². The van der Waals surface area contributed by atoms with Crippen LogP contribution in [0.15, 0.2) is 35.4 Å². The number of carbonyl (C=O) groups excluding carboxylic acids is 3. The van der Waals surface area contributed by atoms with Crippen molar-refractivity contribution in [2.45, 2.75) is 31.8 Å². The number of nitrogens with zero attached hydrogens (tertiary/aromatic N) is 1. The first-order valence-electron chi connectivity index (χ1n) is 9.54. The zero-order chi connectivity index (χ0) is 24.8. The van der Waals surface area contributed by atoms with Crippen molar-refractivity contribution >= 4 is 56.8 Å². The molecule has 2 aromatic rings. The highest BCUT2D eigenvalue weighted by Crippen LogP contribution is 2.22. The molecule has 10 nitrogen and oxygen atoms in total. The molecule has 0 spiro atoms. The van der Waals surface area contributed by atoms with E-state index < -0.39 is 47.0 Å². The van der Waals surface area contributed by atoms with Crippen LogP contribution in [0.5, 0.6) is 0 Å². The van der Waals surface area contributed by atoms with Gasteiger partial charge < -0.3 is 15.4 Å². The van der Waals surface area contributed by atoms with Gasteiger partial charge in [-0.15, -0.1) is 0 Å². The summed E-state index contributed by atoms with van der Waals surface area (Å²) in [6.07, 6.45) is 0.0648. The van der Waals surface area contributed by atoms with Crippen LogP contribution in [0, 0.1) is 13.8 Å². The maximum absolute atomic E-state index is 12.3. The minimum absolute atomic E-state index is 0.0212. The van der Waals surface area contributed by atoms with Crippen LogP contribution in [0.4, 0.5) is 5.82 Å². The molecule has 0 radical (unpaired) electrons. The first kappa shape index (κ1) is 26.5. The Morgan fingerprint density at radius 3 is 2.42 bits per heavy atom. The second kappa shape index (κ2) is 11.4. The number of ether oxygens (including phenoxy) is 1. The number of pyridine rings is 1. The summed E-state index contributed by atoms with van der Waals surface area (Å²) < 4.78 is 31.7. The number of hydrogen-bond acceptors (Lipinski definition) is 7. The van der Waals surface area contributed by atoms with Crippen LogP contribution in [0.3, 0.4) is 0 Å². The predicted octanol–water partition coefficient (Wildman–Crippen LogP) is 1.97. The van der Waals surface area contributed by atoms with Gasteiger partial charge in [0.1, 0.15) is 6.54 Å². The van der Waals surface area contributed by atoms with Crippen molar-refractivity contribution in [3.05, 3.63) is 51.6 Å². The summed E-state index contributed by atoms with van der Waals surface area (Å²) in [5.74, 6) is -2.32. The molecule has 1 aromatic heterocycles. The van der Waals surface area contributed by atoms with Crippen LogP contribution >= 0.6 is 23.2 Å². The number of hydrogen-bond donors (Lipinski definition) is 3. The number of aryl methyl sites for hydroxylation is 2. The number of rotatable bonds is 9. The van der Waals surface area contributed by atoms with E-state index in [0.29, 0.717) is 0 Å². The fourth-order valence-electron chi connectivity index (χ4n) is 2.38. The van der Waals surface area contributed by atoms with Crippen LogP contribution in [0.2, 0.25) is 10.0 Å². The van der Waals surface area contributed by atoms with Gasteiger partial charge in [0.15, 0.2) is 11.9 Å². The van der Waals surface area contributed by atoms with Crippen LogP contribution < -0.4 is 15.4 Å². The first-order valence-corrected chi connectivity index (χ1v) is 11.8. The third-order valence-corrected chi connectivity index (χ3v) is 6.26. The summed E-state index contributed by atoms with van der Waals surface area (Å²) in [6, 6.07) is 5.96. The molecule has 1 heterocycles. The Morgan fingerprint density at radius 2 is 1.79 bits per heavy atom. The van der Waals surface area contributed by atoms with Crippen molar-refractivity contribution in [1.29, 1.82) is 0 Å². The van der Waals surface area contributed by atoms with E-state index in [9.17, 15) is 22.8 Å². The van der Waals surface area contributed by atoms with Gasteiger partial charge in [-0.2, -0.15) is 0 Å². The number of sulfonamides is 1. The van der Waals surface area contributed by atoms with Crippen molar-refractivity contribution in [3.63, 3.8) is 0 Å². The van der Waals surface area contributed by atoms with Gasteiger partial charge in [-0.3, -0.25) is 14.4 Å². The maximum Gasteiger partial charge on any atom is 0.326 e. The molecule has 0 aliphatic rings.